The third-order valence-electron chi connectivity index (χ3n) is 6.11. The fourth-order valence-electron chi connectivity index (χ4n) is 4.05. The van der Waals surface area contributed by atoms with Crippen LogP contribution in [-0.2, 0) is 24.2 Å². The lowest BCUT2D eigenvalue weighted by Gasteiger charge is -2.29. The van der Waals surface area contributed by atoms with Crippen LogP contribution in [0.15, 0.2) is 36.4 Å². The van der Waals surface area contributed by atoms with Crippen molar-refractivity contribution in [3.05, 3.63) is 73.9 Å². The molecule has 0 aliphatic carbocycles. The van der Waals surface area contributed by atoms with Crippen molar-refractivity contribution in [3.8, 4) is 0 Å². The van der Waals surface area contributed by atoms with E-state index >= 15 is 0 Å². The minimum atomic E-state index is -1.33. The van der Waals surface area contributed by atoms with E-state index in [9.17, 15) is 23.9 Å². The number of halogens is 3. The molecule has 3 N–H and O–H groups in total. The highest BCUT2D eigenvalue weighted by molar-refractivity contribution is 7.13. The average Bonchev–Trinajstić information content (AvgIpc) is 3.28. The maximum absolute atomic E-state index is 15.0. The summed E-state index contributed by atoms with van der Waals surface area (Å²) in [4.78, 5) is 44.8. The molecule has 1 aliphatic rings. The minimum absolute atomic E-state index is 0. The van der Waals surface area contributed by atoms with Crippen molar-refractivity contribution in [2.45, 2.75) is 45.7 Å². The van der Waals surface area contributed by atoms with Gasteiger partial charge >= 0.3 is 5.97 Å². The molecular formula is C26H27Cl2FN4O4S. The molecule has 8 nitrogen and oxygen atoms in total. The van der Waals surface area contributed by atoms with Crippen molar-refractivity contribution in [3.63, 3.8) is 0 Å². The number of aromatic carboxylic acids is 1. The zero-order valence-corrected chi connectivity index (χ0v) is 23.1. The van der Waals surface area contributed by atoms with Gasteiger partial charge in [-0.15, -0.1) is 23.7 Å². The largest absolute Gasteiger partial charge is 0.478 e. The van der Waals surface area contributed by atoms with E-state index in [1.54, 1.807) is 24.3 Å². The summed E-state index contributed by atoms with van der Waals surface area (Å²) in [7, 11) is 0. The first-order chi connectivity index (χ1) is 17.6. The van der Waals surface area contributed by atoms with Crippen LogP contribution in [0.2, 0.25) is 5.02 Å². The molecule has 0 saturated heterocycles. The molecule has 1 aromatic heterocycles. The molecule has 0 fully saturated rings. The summed E-state index contributed by atoms with van der Waals surface area (Å²) in [5.41, 5.74) is 1.13. The van der Waals surface area contributed by atoms with Gasteiger partial charge in [0.25, 0.3) is 5.91 Å². The molecule has 1 aliphatic heterocycles. The molecule has 12 heteroatoms. The Morgan fingerprint density at radius 2 is 1.89 bits per heavy atom. The number of rotatable bonds is 8. The van der Waals surface area contributed by atoms with E-state index in [-0.39, 0.29) is 53.0 Å². The van der Waals surface area contributed by atoms with Crippen molar-refractivity contribution in [1.29, 1.82) is 0 Å². The van der Waals surface area contributed by atoms with Gasteiger partial charge in [0.1, 0.15) is 5.82 Å². The Hall–Kier alpha value is -3.05. The number of benzene rings is 2. The van der Waals surface area contributed by atoms with Gasteiger partial charge in [-0.05, 0) is 56.7 Å². The maximum atomic E-state index is 15.0. The van der Waals surface area contributed by atoms with Crippen molar-refractivity contribution in [2.75, 3.05) is 17.2 Å². The van der Waals surface area contributed by atoms with Crippen molar-refractivity contribution in [2.24, 2.45) is 0 Å². The van der Waals surface area contributed by atoms with Crippen molar-refractivity contribution < 1.29 is 23.9 Å². The van der Waals surface area contributed by atoms with Crippen LogP contribution in [0.25, 0.3) is 0 Å². The average molecular weight is 581 g/mol. The lowest BCUT2D eigenvalue weighted by atomic mass is 10.0. The highest BCUT2D eigenvalue weighted by Crippen LogP contribution is 2.29. The molecule has 4 rings (SSSR count). The Morgan fingerprint density at radius 3 is 2.55 bits per heavy atom. The third-order valence-corrected chi connectivity index (χ3v) is 7.44. The predicted octanol–water partition coefficient (Wildman–Crippen LogP) is 5.65. The van der Waals surface area contributed by atoms with E-state index in [2.05, 4.69) is 34.4 Å². The Balaban J connectivity index is 0.00000400. The van der Waals surface area contributed by atoms with E-state index < -0.39 is 17.7 Å². The second-order valence-electron chi connectivity index (χ2n) is 9.00. The Kier molecular flexibility index (Phi) is 9.83. The van der Waals surface area contributed by atoms with Crippen molar-refractivity contribution >= 4 is 64.5 Å². The van der Waals surface area contributed by atoms with Gasteiger partial charge in [0, 0.05) is 58.8 Å². The Labute approximate surface area is 234 Å². The number of carbonyl (C=O) groups is 3. The van der Waals surface area contributed by atoms with E-state index in [0.717, 1.165) is 29.6 Å². The number of nitrogens with one attached hydrogen (secondary N) is 2. The van der Waals surface area contributed by atoms with Crippen LogP contribution in [0.5, 0.6) is 0 Å². The van der Waals surface area contributed by atoms with Crippen LogP contribution in [0.4, 0.5) is 15.8 Å². The number of carboxylic acid groups (broad SMARTS) is 1. The second-order valence-corrected chi connectivity index (χ2v) is 10.5. The van der Waals surface area contributed by atoms with Crippen LogP contribution in [0, 0.1) is 5.82 Å². The fourth-order valence-corrected chi connectivity index (χ4v) is 5.20. The van der Waals surface area contributed by atoms with Crippen LogP contribution in [0.3, 0.4) is 0 Å². The van der Waals surface area contributed by atoms with Gasteiger partial charge in [0.2, 0.25) is 5.91 Å². The van der Waals surface area contributed by atoms with Crippen LogP contribution < -0.4 is 10.6 Å². The number of carboxylic acids is 1. The summed E-state index contributed by atoms with van der Waals surface area (Å²) in [6, 6.07) is 8.99. The van der Waals surface area contributed by atoms with Gasteiger partial charge in [-0.25, -0.2) is 14.2 Å². The zero-order chi connectivity index (χ0) is 26.7. The molecule has 0 bridgehead atoms. The summed E-state index contributed by atoms with van der Waals surface area (Å²) in [6.07, 6.45) is 0.582. The summed E-state index contributed by atoms with van der Waals surface area (Å²) >= 11 is 7.13. The number of anilines is 2. The Morgan fingerprint density at radius 1 is 1.18 bits per heavy atom. The summed E-state index contributed by atoms with van der Waals surface area (Å²) in [5, 5.41) is 15.5. The summed E-state index contributed by atoms with van der Waals surface area (Å²) in [5.74, 6) is -3.08. The molecule has 38 heavy (non-hydrogen) atoms. The highest BCUT2D eigenvalue weighted by Gasteiger charge is 2.25. The number of aromatic nitrogens is 1. The van der Waals surface area contributed by atoms with E-state index in [1.807, 2.05) is 0 Å². The fraction of sp³-hybridized carbons (Fsp3) is 0.308. The highest BCUT2D eigenvalue weighted by atomic mass is 35.5. The van der Waals surface area contributed by atoms with Gasteiger partial charge in [-0.3, -0.25) is 14.5 Å². The molecule has 0 atom stereocenters. The SMILES string of the molecule is CC(C)N1CCc2nc(C(=O)Nc3cc(C(=O)O)cc(F)c3CCC(=O)Nc3ccc(Cl)cc3)sc2C1.Cl. The first-order valence-electron chi connectivity index (χ1n) is 11.8. The topological polar surface area (TPSA) is 112 Å². The monoisotopic (exact) mass is 580 g/mol. The molecule has 202 valence electrons. The lowest BCUT2D eigenvalue weighted by molar-refractivity contribution is -0.116. The minimum Gasteiger partial charge on any atom is -0.478 e. The molecular weight excluding hydrogens is 554 g/mol. The molecule has 2 heterocycles. The number of hydrogen-bond donors (Lipinski definition) is 3. The van der Waals surface area contributed by atoms with Gasteiger partial charge in [0.15, 0.2) is 5.01 Å². The number of nitrogens with zero attached hydrogens (tertiary/aromatic N) is 2. The molecule has 2 aromatic carbocycles. The standard InChI is InChI=1S/C26H26ClFN4O4S.ClH/c1-14(2)32-10-9-20-22(13-32)37-25(31-20)24(34)30-21-12-15(26(35)36)11-19(28)18(21)7-8-23(33)29-17-5-3-16(27)4-6-17;/h3-6,11-12,14H,7-10,13H2,1-2H3,(H,29,33)(H,30,34)(H,35,36);1H. The molecule has 0 unspecified atom stereocenters. The number of fused-ring (bicyclic) bond motifs is 1. The smallest absolute Gasteiger partial charge is 0.335 e. The van der Waals surface area contributed by atoms with Gasteiger partial charge < -0.3 is 15.7 Å². The van der Waals surface area contributed by atoms with Gasteiger partial charge in [-0.2, -0.15) is 0 Å². The second kappa shape index (κ2) is 12.7. The van der Waals surface area contributed by atoms with E-state index in [0.29, 0.717) is 23.3 Å². The number of carbonyl (C=O) groups excluding carboxylic acids is 2. The molecule has 3 aromatic rings. The van der Waals surface area contributed by atoms with Gasteiger partial charge in [0.05, 0.1) is 11.3 Å². The molecule has 2 amide bonds. The lowest BCUT2D eigenvalue weighted by Crippen LogP contribution is -2.35. The third kappa shape index (κ3) is 7.08. The zero-order valence-electron chi connectivity index (χ0n) is 20.7. The molecule has 0 radical (unpaired) electrons. The summed E-state index contributed by atoms with van der Waals surface area (Å²) in [6.45, 7) is 5.78. The van der Waals surface area contributed by atoms with Gasteiger partial charge in [-0.1, -0.05) is 11.6 Å². The van der Waals surface area contributed by atoms with Crippen LogP contribution in [0.1, 0.15) is 56.6 Å². The molecule has 0 spiro atoms. The Bertz CT molecular complexity index is 1350. The van der Waals surface area contributed by atoms with Crippen LogP contribution in [-0.4, -0.2) is 45.4 Å². The molecule has 0 saturated carbocycles. The normalized spacial score (nSPS) is 13.0. The van der Waals surface area contributed by atoms with Crippen LogP contribution >= 0.6 is 35.3 Å². The number of amides is 2. The first kappa shape index (κ1) is 29.5. The van der Waals surface area contributed by atoms with E-state index in [4.69, 9.17) is 11.6 Å². The quantitative estimate of drug-likeness (QED) is 0.317. The first-order valence-corrected chi connectivity index (χ1v) is 12.9. The number of hydrogen-bond acceptors (Lipinski definition) is 6. The van der Waals surface area contributed by atoms with Crippen molar-refractivity contribution in [1.82, 2.24) is 9.88 Å². The maximum Gasteiger partial charge on any atom is 0.335 e. The van der Waals surface area contributed by atoms with E-state index in [1.165, 1.54) is 17.4 Å². The number of thiazole rings is 1. The predicted molar refractivity (Wildman–Crippen MR) is 148 cm³/mol. The summed E-state index contributed by atoms with van der Waals surface area (Å²) < 4.78 is 15.0.